The van der Waals surface area contributed by atoms with Crippen LogP contribution in [0.2, 0.25) is 5.02 Å². The van der Waals surface area contributed by atoms with Gasteiger partial charge in [-0.1, -0.05) is 17.7 Å². The molecule has 4 nitrogen and oxygen atoms in total. The van der Waals surface area contributed by atoms with Crippen LogP contribution < -0.4 is 5.32 Å². The second-order valence-electron chi connectivity index (χ2n) is 7.22. The molecule has 2 aliphatic rings. The summed E-state index contributed by atoms with van der Waals surface area (Å²) in [5, 5.41) is 13.5. The minimum atomic E-state index is -0.616. The number of hydrogen-bond donors (Lipinski definition) is 2. The molecular formula is C19H19ClFN3OS. The maximum Gasteiger partial charge on any atom is 0.235 e. The number of nitrogens with one attached hydrogen (secondary N) is 2. The van der Waals surface area contributed by atoms with Crippen LogP contribution in [0, 0.1) is 23.1 Å². The summed E-state index contributed by atoms with van der Waals surface area (Å²) in [4.78, 5) is 15.3. The standard InChI is InChI=1S/C19H19ClFN3OS/c1-19(16(10-3-4-10)17(25)24(2)18(22)23-19)15-8-12(9-26-15)11-5-6-14(21)13(20)7-11/h5-10,16H,3-4H2,1-2H3,(H2,22,23)/t16-,19+/m0/s1. The van der Waals surface area contributed by atoms with E-state index in [1.807, 2.05) is 18.4 Å². The van der Waals surface area contributed by atoms with Gasteiger partial charge in [0.15, 0.2) is 5.96 Å². The predicted molar refractivity (Wildman–Crippen MR) is 102 cm³/mol. The number of rotatable bonds is 3. The molecule has 0 radical (unpaired) electrons. The van der Waals surface area contributed by atoms with Crippen molar-refractivity contribution in [2.75, 3.05) is 7.05 Å². The number of guanidine groups is 1. The lowest BCUT2D eigenvalue weighted by molar-refractivity contribution is -0.136. The van der Waals surface area contributed by atoms with Gasteiger partial charge < -0.3 is 5.32 Å². The van der Waals surface area contributed by atoms with Crippen LogP contribution >= 0.6 is 22.9 Å². The Morgan fingerprint density at radius 2 is 2.08 bits per heavy atom. The summed E-state index contributed by atoms with van der Waals surface area (Å²) >= 11 is 7.46. The fraction of sp³-hybridized carbons (Fsp3) is 0.368. The largest absolute Gasteiger partial charge is 0.345 e. The van der Waals surface area contributed by atoms with Crippen LogP contribution in [0.3, 0.4) is 0 Å². The van der Waals surface area contributed by atoms with Crippen LogP contribution in [0.15, 0.2) is 29.6 Å². The molecule has 1 saturated heterocycles. The van der Waals surface area contributed by atoms with Gasteiger partial charge >= 0.3 is 0 Å². The van der Waals surface area contributed by atoms with Gasteiger partial charge in [0.1, 0.15) is 5.82 Å². The minimum absolute atomic E-state index is 0.00136. The second-order valence-corrected chi connectivity index (χ2v) is 8.54. The molecule has 2 N–H and O–H groups in total. The fourth-order valence-corrected chi connectivity index (χ4v) is 4.98. The van der Waals surface area contributed by atoms with E-state index < -0.39 is 11.4 Å². The van der Waals surface area contributed by atoms with Crippen molar-refractivity contribution in [3.05, 3.63) is 45.4 Å². The normalized spacial score (nSPS) is 26.2. The van der Waals surface area contributed by atoms with Crippen molar-refractivity contribution in [2.45, 2.75) is 25.3 Å². The number of nitrogens with zero attached hydrogens (tertiary/aromatic N) is 1. The molecule has 1 amide bonds. The van der Waals surface area contributed by atoms with Crippen LogP contribution in [0.25, 0.3) is 11.1 Å². The van der Waals surface area contributed by atoms with Crippen molar-refractivity contribution in [2.24, 2.45) is 11.8 Å². The molecule has 1 aliphatic carbocycles. The molecule has 0 spiro atoms. The van der Waals surface area contributed by atoms with Crippen molar-refractivity contribution >= 4 is 34.8 Å². The molecule has 4 rings (SSSR count). The molecule has 2 atom stereocenters. The molecule has 1 aliphatic heterocycles. The number of carbonyl (C=O) groups excluding carboxylic acids is 1. The third-order valence-electron chi connectivity index (χ3n) is 5.39. The van der Waals surface area contributed by atoms with Crippen molar-refractivity contribution in [3.63, 3.8) is 0 Å². The number of amides is 1. The van der Waals surface area contributed by atoms with E-state index in [-0.39, 0.29) is 22.8 Å². The van der Waals surface area contributed by atoms with E-state index in [1.165, 1.54) is 11.0 Å². The summed E-state index contributed by atoms with van der Waals surface area (Å²) in [5.74, 6) is -0.165. The maximum absolute atomic E-state index is 13.4. The third-order valence-corrected chi connectivity index (χ3v) is 6.85. The van der Waals surface area contributed by atoms with Gasteiger partial charge in [-0.05, 0) is 60.4 Å². The zero-order valence-electron chi connectivity index (χ0n) is 14.5. The van der Waals surface area contributed by atoms with E-state index >= 15 is 0 Å². The average Bonchev–Trinajstić information content (AvgIpc) is 3.29. The smallest absolute Gasteiger partial charge is 0.235 e. The lowest BCUT2D eigenvalue weighted by atomic mass is 9.78. The van der Waals surface area contributed by atoms with Gasteiger partial charge in [-0.2, -0.15) is 0 Å². The second kappa shape index (κ2) is 6.06. The van der Waals surface area contributed by atoms with Crippen LogP contribution in [-0.4, -0.2) is 23.8 Å². The Bertz CT molecular complexity index is 910. The number of halogens is 2. The predicted octanol–water partition coefficient (Wildman–Crippen LogP) is 4.45. The van der Waals surface area contributed by atoms with E-state index in [2.05, 4.69) is 5.32 Å². The Labute approximate surface area is 160 Å². The summed E-state index contributed by atoms with van der Waals surface area (Å²) in [6.45, 7) is 2.00. The quantitative estimate of drug-likeness (QED) is 0.812. The highest BCUT2D eigenvalue weighted by atomic mass is 35.5. The van der Waals surface area contributed by atoms with Gasteiger partial charge in [-0.25, -0.2) is 4.39 Å². The number of hydrogen-bond acceptors (Lipinski definition) is 3. The zero-order valence-corrected chi connectivity index (χ0v) is 16.0. The Balaban J connectivity index is 1.73. The minimum Gasteiger partial charge on any atom is -0.345 e. The molecule has 26 heavy (non-hydrogen) atoms. The Morgan fingerprint density at radius 1 is 1.35 bits per heavy atom. The van der Waals surface area contributed by atoms with E-state index in [4.69, 9.17) is 17.0 Å². The molecule has 7 heteroatoms. The van der Waals surface area contributed by atoms with Gasteiger partial charge in [0.05, 0.1) is 16.5 Å². The summed E-state index contributed by atoms with van der Waals surface area (Å²) in [6.07, 6.45) is 2.08. The van der Waals surface area contributed by atoms with Gasteiger partial charge in [-0.3, -0.25) is 15.1 Å². The number of carbonyl (C=O) groups is 1. The van der Waals surface area contributed by atoms with Crippen molar-refractivity contribution in [1.82, 2.24) is 10.2 Å². The topological polar surface area (TPSA) is 56.2 Å². The molecule has 0 bridgehead atoms. The summed E-state index contributed by atoms with van der Waals surface area (Å²) < 4.78 is 13.4. The molecule has 0 unspecified atom stereocenters. The maximum atomic E-state index is 13.4. The Morgan fingerprint density at radius 3 is 2.73 bits per heavy atom. The Hall–Kier alpha value is -1.92. The first-order valence-electron chi connectivity index (χ1n) is 8.50. The highest BCUT2D eigenvalue weighted by Crippen LogP contribution is 2.49. The van der Waals surface area contributed by atoms with E-state index in [0.29, 0.717) is 5.92 Å². The molecule has 1 aromatic heterocycles. The first-order chi connectivity index (χ1) is 12.3. The highest BCUT2D eigenvalue weighted by Gasteiger charge is 2.54. The summed E-state index contributed by atoms with van der Waals surface area (Å²) in [7, 11) is 1.65. The number of benzene rings is 1. The molecule has 2 fully saturated rings. The lowest BCUT2D eigenvalue weighted by Gasteiger charge is -2.45. The van der Waals surface area contributed by atoms with Crippen LogP contribution in [-0.2, 0) is 10.3 Å². The monoisotopic (exact) mass is 391 g/mol. The average molecular weight is 392 g/mol. The van der Waals surface area contributed by atoms with E-state index in [1.54, 1.807) is 30.5 Å². The molecule has 136 valence electrons. The first-order valence-corrected chi connectivity index (χ1v) is 9.76. The first kappa shape index (κ1) is 17.5. The van der Waals surface area contributed by atoms with Crippen LogP contribution in [0.4, 0.5) is 4.39 Å². The van der Waals surface area contributed by atoms with Crippen LogP contribution in [0.1, 0.15) is 24.6 Å². The highest BCUT2D eigenvalue weighted by molar-refractivity contribution is 7.10. The van der Waals surface area contributed by atoms with E-state index in [9.17, 15) is 9.18 Å². The zero-order chi connectivity index (χ0) is 18.6. The van der Waals surface area contributed by atoms with Crippen molar-refractivity contribution in [3.8, 4) is 11.1 Å². The van der Waals surface area contributed by atoms with Gasteiger partial charge in [0, 0.05) is 11.9 Å². The Kier molecular flexibility index (Phi) is 4.08. The molecule has 2 heterocycles. The third kappa shape index (κ3) is 2.72. The molecule has 1 saturated carbocycles. The van der Waals surface area contributed by atoms with Crippen molar-refractivity contribution < 1.29 is 9.18 Å². The van der Waals surface area contributed by atoms with Crippen molar-refractivity contribution in [1.29, 1.82) is 5.41 Å². The van der Waals surface area contributed by atoms with Gasteiger partial charge in [-0.15, -0.1) is 11.3 Å². The van der Waals surface area contributed by atoms with E-state index in [0.717, 1.165) is 28.8 Å². The summed E-state index contributed by atoms with van der Waals surface area (Å²) in [5.41, 5.74) is 1.15. The molecule has 2 aromatic rings. The van der Waals surface area contributed by atoms with Gasteiger partial charge in [0.25, 0.3) is 0 Å². The lowest BCUT2D eigenvalue weighted by Crippen LogP contribution is -2.64. The number of thiophene rings is 1. The molecule has 1 aromatic carbocycles. The van der Waals surface area contributed by atoms with Crippen LogP contribution in [0.5, 0.6) is 0 Å². The van der Waals surface area contributed by atoms with Gasteiger partial charge in [0.2, 0.25) is 5.91 Å². The summed E-state index contributed by atoms with van der Waals surface area (Å²) in [6, 6.07) is 6.68. The SMILES string of the molecule is CN1C(=N)N[C@](C)(c2cc(-c3ccc(F)c(Cl)c3)cs2)[C@@H](C2CC2)C1=O. The fourth-order valence-electron chi connectivity index (χ4n) is 3.73. The molecular weight excluding hydrogens is 373 g/mol.